The van der Waals surface area contributed by atoms with Gasteiger partial charge < -0.3 is 10.4 Å². The molecule has 4 heteroatoms. The van der Waals surface area contributed by atoms with Gasteiger partial charge in [-0.1, -0.05) is 25.8 Å². The molecule has 0 radical (unpaired) electrons. The molecule has 1 saturated carbocycles. The summed E-state index contributed by atoms with van der Waals surface area (Å²) in [5.41, 5.74) is 0.870. The predicted octanol–water partition coefficient (Wildman–Crippen LogP) is 2.46. The van der Waals surface area contributed by atoms with Gasteiger partial charge in [0.25, 0.3) is 0 Å². The highest BCUT2D eigenvalue weighted by Crippen LogP contribution is 2.35. The van der Waals surface area contributed by atoms with Crippen LogP contribution < -0.4 is 5.32 Å². The molecule has 0 bridgehead atoms. The summed E-state index contributed by atoms with van der Waals surface area (Å²) in [6.07, 6.45) is 7.71. The third kappa shape index (κ3) is 4.81. The Kier molecular flexibility index (Phi) is 5.74. The van der Waals surface area contributed by atoms with Gasteiger partial charge in [-0.25, -0.2) is 0 Å². The number of hydrogen-bond acceptors (Lipinski definition) is 3. The molecule has 1 aromatic heterocycles. The lowest BCUT2D eigenvalue weighted by atomic mass is 9.73. The zero-order valence-corrected chi connectivity index (χ0v) is 12.8. The molecule has 1 aliphatic rings. The van der Waals surface area contributed by atoms with Crippen molar-refractivity contribution in [1.29, 1.82) is 0 Å². The first-order chi connectivity index (χ1) is 10.1. The largest absolute Gasteiger partial charge is 0.392 e. The average Bonchev–Trinajstić information content (AvgIpc) is 2.50. The Balaban J connectivity index is 1.67. The SMILES string of the molecule is C[C@]1(CNC(=O)CCCc2ccccn2)CCCC[C@@H]1O. The molecule has 4 nitrogen and oxygen atoms in total. The van der Waals surface area contributed by atoms with Crippen molar-refractivity contribution in [3.63, 3.8) is 0 Å². The molecule has 1 amide bonds. The number of nitrogens with one attached hydrogen (secondary N) is 1. The summed E-state index contributed by atoms with van der Waals surface area (Å²) >= 11 is 0. The Bertz CT molecular complexity index is 449. The molecule has 1 heterocycles. The third-order valence-electron chi connectivity index (χ3n) is 4.53. The molecule has 0 aliphatic heterocycles. The molecule has 2 rings (SSSR count). The lowest BCUT2D eigenvalue weighted by Crippen LogP contribution is -2.45. The second kappa shape index (κ2) is 7.55. The minimum absolute atomic E-state index is 0.0740. The predicted molar refractivity (Wildman–Crippen MR) is 82.8 cm³/mol. The average molecular weight is 290 g/mol. The van der Waals surface area contributed by atoms with Gasteiger partial charge in [-0.05, 0) is 37.8 Å². The summed E-state index contributed by atoms with van der Waals surface area (Å²) in [5.74, 6) is 0.0740. The second-order valence-corrected chi connectivity index (χ2v) is 6.37. The van der Waals surface area contributed by atoms with Crippen molar-refractivity contribution in [3.05, 3.63) is 30.1 Å². The van der Waals surface area contributed by atoms with Crippen LogP contribution in [0.5, 0.6) is 0 Å². The Labute approximate surface area is 127 Å². The van der Waals surface area contributed by atoms with Crippen LogP contribution in [0.4, 0.5) is 0 Å². The minimum Gasteiger partial charge on any atom is -0.392 e. The summed E-state index contributed by atoms with van der Waals surface area (Å²) in [6, 6.07) is 5.84. The Morgan fingerprint density at radius 3 is 3.05 bits per heavy atom. The Hall–Kier alpha value is -1.42. The molecule has 0 spiro atoms. The quantitative estimate of drug-likeness (QED) is 0.846. The van der Waals surface area contributed by atoms with E-state index in [1.165, 1.54) is 0 Å². The molecule has 2 atom stereocenters. The molecule has 1 aliphatic carbocycles. The summed E-state index contributed by atoms with van der Waals surface area (Å²) in [5, 5.41) is 13.1. The molecule has 1 fully saturated rings. The van der Waals surface area contributed by atoms with E-state index in [0.717, 1.165) is 44.2 Å². The fraction of sp³-hybridized carbons (Fsp3) is 0.647. The first kappa shape index (κ1) is 16.0. The Morgan fingerprint density at radius 2 is 2.33 bits per heavy atom. The van der Waals surface area contributed by atoms with Crippen LogP contribution in [-0.4, -0.2) is 28.6 Å². The standard InChI is InChI=1S/C17H26N2O2/c1-17(11-4-2-9-15(17)20)13-19-16(21)10-6-8-14-7-3-5-12-18-14/h3,5,7,12,15,20H,2,4,6,8-11,13H2,1H3,(H,19,21)/t15-,17+/m0/s1. The van der Waals surface area contributed by atoms with E-state index < -0.39 is 0 Å². The fourth-order valence-corrected chi connectivity index (χ4v) is 2.95. The minimum atomic E-state index is -0.292. The zero-order valence-electron chi connectivity index (χ0n) is 12.8. The van der Waals surface area contributed by atoms with Crippen molar-refractivity contribution in [3.8, 4) is 0 Å². The molecule has 0 unspecified atom stereocenters. The smallest absolute Gasteiger partial charge is 0.220 e. The van der Waals surface area contributed by atoms with Gasteiger partial charge in [0, 0.05) is 30.3 Å². The maximum absolute atomic E-state index is 11.9. The molecule has 21 heavy (non-hydrogen) atoms. The number of pyridine rings is 1. The lowest BCUT2D eigenvalue weighted by molar-refractivity contribution is -0.122. The van der Waals surface area contributed by atoms with Crippen LogP contribution in [0.25, 0.3) is 0 Å². The molecule has 0 aromatic carbocycles. The summed E-state index contributed by atoms with van der Waals surface area (Å²) in [6.45, 7) is 2.65. The monoisotopic (exact) mass is 290 g/mol. The first-order valence-corrected chi connectivity index (χ1v) is 7.95. The van der Waals surface area contributed by atoms with E-state index in [-0.39, 0.29) is 17.4 Å². The van der Waals surface area contributed by atoms with Gasteiger partial charge in [-0.2, -0.15) is 0 Å². The highest BCUT2D eigenvalue weighted by Gasteiger charge is 2.35. The van der Waals surface area contributed by atoms with Crippen LogP contribution in [0.1, 0.15) is 51.1 Å². The Morgan fingerprint density at radius 1 is 1.48 bits per heavy atom. The van der Waals surface area contributed by atoms with Gasteiger partial charge >= 0.3 is 0 Å². The van der Waals surface area contributed by atoms with E-state index in [1.807, 2.05) is 18.2 Å². The number of aryl methyl sites for hydroxylation is 1. The molecule has 116 valence electrons. The van der Waals surface area contributed by atoms with E-state index in [2.05, 4.69) is 17.2 Å². The van der Waals surface area contributed by atoms with E-state index in [1.54, 1.807) is 6.20 Å². The summed E-state index contributed by atoms with van der Waals surface area (Å²) in [4.78, 5) is 16.2. The normalized spacial score (nSPS) is 25.5. The molecule has 0 saturated heterocycles. The van der Waals surface area contributed by atoms with Crippen molar-refractivity contribution in [1.82, 2.24) is 10.3 Å². The maximum Gasteiger partial charge on any atom is 0.220 e. The van der Waals surface area contributed by atoms with Crippen molar-refractivity contribution < 1.29 is 9.90 Å². The molecule has 1 aromatic rings. The fourth-order valence-electron chi connectivity index (χ4n) is 2.95. The van der Waals surface area contributed by atoms with Crippen LogP contribution in [0.2, 0.25) is 0 Å². The van der Waals surface area contributed by atoms with Crippen LogP contribution in [0.15, 0.2) is 24.4 Å². The van der Waals surface area contributed by atoms with Gasteiger partial charge in [0.05, 0.1) is 6.10 Å². The van der Waals surface area contributed by atoms with E-state index in [0.29, 0.717) is 13.0 Å². The first-order valence-electron chi connectivity index (χ1n) is 7.95. The van der Waals surface area contributed by atoms with Crippen LogP contribution >= 0.6 is 0 Å². The zero-order chi connectivity index (χ0) is 15.1. The number of amides is 1. The number of aliphatic hydroxyl groups is 1. The van der Waals surface area contributed by atoms with Crippen LogP contribution in [0, 0.1) is 5.41 Å². The number of rotatable bonds is 6. The number of aliphatic hydroxyl groups excluding tert-OH is 1. The van der Waals surface area contributed by atoms with Crippen molar-refractivity contribution in [2.24, 2.45) is 5.41 Å². The number of carbonyl (C=O) groups is 1. The number of carbonyl (C=O) groups excluding carboxylic acids is 1. The number of nitrogens with zero attached hydrogens (tertiary/aromatic N) is 1. The highest BCUT2D eigenvalue weighted by molar-refractivity contribution is 5.75. The summed E-state index contributed by atoms with van der Waals surface area (Å²) in [7, 11) is 0. The van der Waals surface area contributed by atoms with Gasteiger partial charge in [-0.15, -0.1) is 0 Å². The lowest BCUT2D eigenvalue weighted by Gasteiger charge is -2.38. The summed E-state index contributed by atoms with van der Waals surface area (Å²) < 4.78 is 0. The van der Waals surface area contributed by atoms with Gasteiger partial charge in [0.2, 0.25) is 5.91 Å². The van der Waals surface area contributed by atoms with Crippen molar-refractivity contribution >= 4 is 5.91 Å². The van der Waals surface area contributed by atoms with Crippen LogP contribution in [-0.2, 0) is 11.2 Å². The van der Waals surface area contributed by atoms with Gasteiger partial charge in [0.15, 0.2) is 0 Å². The molecular weight excluding hydrogens is 264 g/mol. The van der Waals surface area contributed by atoms with Gasteiger partial charge in [0.1, 0.15) is 0 Å². The number of hydrogen-bond donors (Lipinski definition) is 2. The third-order valence-corrected chi connectivity index (χ3v) is 4.53. The van der Waals surface area contributed by atoms with Gasteiger partial charge in [-0.3, -0.25) is 9.78 Å². The van der Waals surface area contributed by atoms with E-state index in [4.69, 9.17) is 0 Å². The van der Waals surface area contributed by atoms with Crippen molar-refractivity contribution in [2.75, 3.05) is 6.54 Å². The second-order valence-electron chi connectivity index (χ2n) is 6.37. The molecular formula is C17H26N2O2. The highest BCUT2D eigenvalue weighted by atomic mass is 16.3. The molecule has 2 N–H and O–H groups in total. The van der Waals surface area contributed by atoms with Crippen LogP contribution in [0.3, 0.4) is 0 Å². The maximum atomic E-state index is 11.9. The van der Waals surface area contributed by atoms with Crippen molar-refractivity contribution in [2.45, 2.75) is 58.0 Å². The number of aromatic nitrogens is 1. The van der Waals surface area contributed by atoms with E-state index >= 15 is 0 Å². The van der Waals surface area contributed by atoms with E-state index in [9.17, 15) is 9.90 Å². The topological polar surface area (TPSA) is 62.2 Å².